The van der Waals surface area contributed by atoms with Crippen molar-refractivity contribution in [2.24, 2.45) is 0 Å². The summed E-state index contributed by atoms with van der Waals surface area (Å²) in [5.41, 5.74) is -0.267. The summed E-state index contributed by atoms with van der Waals surface area (Å²) in [5, 5.41) is 0. The second-order valence-electron chi connectivity index (χ2n) is 7.43. The SMILES string of the molecule is CC(C)(C)O[Si](C)(C)[N-][Si](C)(C)OC(C)(C)C.[Li+]. The molecule has 0 aromatic rings. The van der Waals surface area contributed by atoms with Gasteiger partial charge in [0.1, 0.15) is 0 Å². The molecule has 0 saturated heterocycles. The van der Waals surface area contributed by atoms with E-state index in [1.165, 1.54) is 0 Å². The maximum atomic E-state index is 6.10. The van der Waals surface area contributed by atoms with Crippen molar-refractivity contribution in [3.63, 3.8) is 0 Å². The van der Waals surface area contributed by atoms with Crippen molar-refractivity contribution in [1.82, 2.24) is 0 Å². The minimum Gasteiger partial charge on any atom is -0.622 e. The van der Waals surface area contributed by atoms with Crippen molar-refractivity contribution in [2.75, 3.05) is 0 Å². The third-order valence-electron chi connectivity index (χ3n) is 1.65. The topological polar surface area (TPSA) is 32.6 Å². The average molecular weight is 283 g/mol. The molecule has 0 heterocycles. The molecule has 0 aromatic carbocycles. The molecule has 0 spiro atoms. The Bertz CT molecular complexity index is 232. The first kappa shape index (κ1) is 21.2. The Morgan fingerprint density at radius 2 is 0.889 bits per heavy atom. The fourth-order valence-electron chi connectivity index (χ4n) is 2.19. The van der Waals surface area contributed by atoms with Crippen LogP contribution in [-0.4, -0.2) is 28.2 Å². The van der Waals surface area contributed by atoms with Crippen molar-refractivity contribution < 1.29 is 27.7 Å². The molecular weight excluding hydrogens is 253 g/mol. The molecule has 0 bridgehead atoms. The minimum atomic E-state index is -2.01. The van der Waals surface area contributed by atoms with Crippen molar-refractivity contribution in [2.45, 2.75) is 78.9 Å². The summed E-state index contributed by atoms with van der Waals surface area (Å²) < 4.78 is 17.1. The maximum Gasteiger partial charge on any atom is 1.00 e. The van der Waals surface area contributed by atoms with Gasteiger partial charge in [-0.2, -0.15) is 0 Å². The Labute approximate surface area is 128 Å². The van der Waals surface area contributed by atoms with Crippen LogP contribution in [0, 0.1) is 0 Å². The molecule has 0 radical (unpaired) electrons. The number of hydrogen-bond acceptors (Lipinski definition) is 2. The van der Waals surface area contributed by atoms with Crippen LogP contribution in [0.15, 0.2) is 0 Å². The predicted octanol–water partition coefficient (Wildman–Crippen LogP) is 1.40. The Kier molecular flexibility index (Phi) is 7.75. The summed E-state index contributed by atoms with van der Waals surface area (Å²) in [7, 11) is -4.02. The molecule has 0 aliphatic carbocycles. The van der Waals surface area contributed by atoms with Crippen molar-refractivity contribution >= 4 is 17.0 Å². The first-order chi connectivity index (χ1) is 7.12. The van der Waals surface area contributed by atoms with Gasteiger partial charge in [-0.1, -0.05) is 26.2 Å². The summed E-state index contributed by atoms with van der Waals surface area (Å²) in [6.07, 6.45) is 0. The van der Waals surface area contributed by atoms with Crippen LogP contribution in [0.25, 0.3) is 4.65 Å². The van der Waals surface area contributed by atoms with Gasteiger partial charge in [-0.15, -0.1) is 0 Å². The fraction of sp³-hybridized carbons (Fsp3) is 1.00. The molecular formula is C12H30LiNO2Si2. The van der Waals surface area contributed by atoms with Crippen molar-refractivity contribution in [3.8, 4) is 0 Å². The van der Waals surface area contributed by atoms with Crippen LogP contribution in [0.1, 0.15) is 41.5 Å². The summed E-state index contributed by atoms with van der Waals surface area (Å²) in [6.45, 7) is 21.0. The molecule has 0 rings (SSSR count). The second kappa shape index (κ2) is 6.58. The molecule has 0 atom stereocenters. The van der Waals surface area contributed by atoms with E-state index in [-0.39, 0.29) is 30.1 Å². The smallest absolute Gasteiger partial charge is 0.622 e. The average Bonchev–Trinajstić information content (AvgIpc) is 1.65. The van der Waals surface area contributed by atoms with Gasteiger partial charge in [0.15, 0.2) is 0 Å². The third-order valence-corrected chi connectivity index (χ3v) is 8.18. The van der Waals surface area contributed by atoms with Gasteiger partial charge in [0.25, 0.3) is 0 Å². The van der Waals surface area contributed by atoms with Crippen LogP contribution >= 0.6 is 0 Å². The molecule has 0 aliphatic rings. The van der Waals surface area contributed by atoms with Crippen LogP contribution in [0.3, 0.4) is 0 Å². The van der Waals surface area contributed by atoms with Crippen LogP contribution < -0.4 is 18.9 Å². The molecule has 0 amide bonds. The van der Waals surface area contributed by atoms with Gasteiger partial charge in [0, 0.05) is 11.2 Å². The van der Waals surface area contributed by atoms with Crippen LogP contribution in [0.4, 0.5) is 0 Å². The van der Waals surface area contributed by atoms with Gasteiger partial charge in [-0.05, 0) is 41.5 Å². The van der Waals surface area contributed by atoms with Crippen LogP contribution in [0.2, 0.25) is 26.2 Å². The van der Waals surface area contributed by atoms with Gasteiger partial charge in [0.05, 0.1) is 17.0 Å². The molecule has 3 nitrogen and oxygen atoms in total. The summed E-state index contributed by atoms with van der Waals surface area (Å²) >= 11 is 0. The molecule has 104 valence electrons. The van der Waals surface area contributed by atoms with Gasteiger partial charge >= 0.3 is 18.9 Å². The van der Waals surface area contributed by atoms with Crippen LogP contribution in [-0.2, 0) is 8.85 Å². The number of nitrogens with zero attached hydrogens (tertiary/aromatic N) is 1. The van der Waals surface area contributed by atoms with Crippen molar-refractivity contribution in [3.05, 3.63) is 4.65 Å². The van der Waals surface area contributed by atoms with E-state index in [9.17, 15) is 0 Å². The fourth-order valence-corrected chi connectivity index (χ4v) is 10.7. The quantitative estimate of drug-likeness (QED) is 0.731. The van der Waals surface area contributed by atoms with Crippen molar-refractivity contribution in [1.29, 1.82) is 0 Å². The molecule has 0 N–H and O–H groups in total. The normalized spacial score (nSPS) is 14.3. The van der Waals surface area contributed by atoms with E-state index >= 15 is 0 Å². The number of hydrogen-bond donors (Lipinski definition) is 0. The first-order valence-corrected chi connectivity index (χ1v) is 12.0. The monoisotopic (exact) mass is 283 g/mol. The van der Waals surface area contributed by atoms with E-state index in [1.54, 1.807) is 0 Å². The second-order valence-corrected chi connectivity index (χ2v) is 14.5. The Morgan fingerprint density at radius 1 is 0.667 bits per heavy atom. The van der Waals surface area contributed by atoms with E-state index in [1.807, 2.05) is 0 Å². The van der Waals surface area contributed by atoms with E-state index < -0.39 is 17.0 Å². The zero-order chi connectivity index (χ0) is 14.1. The summed E-state index contributed by atoms with van der Waals surface area (Å²) in [4.78, 5) is 0. The standard InChI is InChI=1S/C12H30NO2Si2.Li/c1-11(2,3)14-16(7,8)13-17(9,10)15-12(4,5)6;/h1-10H3;/q-1;+1. The molecule has 6 heteroatoms. The molecule has 0 aromatic heterocycles. The zero-order valence-electron chi connectivity index (χ0n) is 14.3. The summed E-state index contributed by atoms with van der Waals surface area (Å²) in [6, 6.07) is 0. The Hall–Kier alpha value is 0.911. The van der Waals surface area contributed by atoms with Gasteiger partial charge in [-0.3, -0.25) is 0 Å². The molecule has 0 fully saturated rings. The summed E-state index contributed by atoms with van der Waals surface area (Å²) in [5.74, 6) is 0. The van der Waals surface area contributed by atoms with E-state index in [0.717, 1.165) is 0 Å². The van der Waals surface area contributed by atoms with Gasteiger partial charge in [-0.25, -0.2) is 0 Å². The largest absolute Gasteiger partial charge is 1.00 e. The van der Waals surface area contributed by atoms with Gasteiger partial charge < -0.3 is 13.5 Å². The first-order valence-electron chi connectivity index (χ1n) is 6.26. The molecule has 18 heavy (non-hydrogen) atoms. The molecule has 0 aliphatic heterocycles. The number of rotatable bonds is 4. The van der Waals surface area contributed by atoms with E-state index in [4.69, 9.17) is 13.5 Å². The Balaban J connectivity index is 0. The van der Waals surface area contributed by atoms with E-state index in [2.05, 4.69) is 67.7 Å². The third kappa shape index (κ3) is 12.0. The molecule has 0 unspecified atom stereocenters. The zero-order valence-corrected chi connectivity index (χ0v) is 16.3. The van der Waals surface area contributed by atoms with Crippen LogP contribution in [0.5, 0.6) is 0 Å². The molecule has 0 saturated carbocycles. The Morgan fingerprint density at radius 3 is 1.06 bits per heavy atom. The maximum absolute atomic E-state index is 6.10. The van der Waals surface area contributed by atoms with Gasteiger partial charge in [0.2, 0.25) is 0 Å². The van der Waals surface area contributed by atoms with E-state index in [0.29, 0.717) is 0 Å². The predicted molar refractivity (Wildman–Crippen MR) is 80.0 cm³/mol. The minimum absolute atomic E-state index is 0.